The molecule has 0 amide bonds. The fourth-order valence-corrected chi connectivity index (χ4v) is 5.04. The van der Waals surface area contributed by atoms with Gasteiger partial charge in [0.1, 0.15) is 0 Å². The first-order chi connectivity index (χ1) is 10.0. The van der Waals surface area contributed by atoms with Gasteiger partial charge in [-0.1, -0.05) is 31.9 Å². The van der Waals surface area contributed by atoms with E-state index in [2.05, 4.69) is 6.92 Å². The zero-order valence-corrected chi connectivity index (χ0v) is 13.8. The Bertz CT molecular complexity index is 554. The Morgan fingerprint density at radius 2 is 1.90 bits per heavy atom. The van der Waals surface area contributed by atoms with Crippen LogP contribution in [0.3, 0.4) is 0 Å². The van der Waals surface area contributed by atoms with E-state index in [9.17, 15) is 8.42 Å². The average molecular weight is 310 g/mol. The molecule has 1 heterocycles. The molecule has 21 heavy (non-hydrogen) atoms. The van der Waals surface area contributed by atoms with Crippen LogP contribution in [-0.4, -0.2) is 31.4 Å². The van der Waals surface area contributed by atoms with E-state index in [0.717, 1.165) is 32.1 Å². The minimum atomic E-state index is -3.45. The average Bonchev–Trinajstić information content (AvgIpc) is 2.47. The standard InChI is InChI=1S/C16H26N2O2S/c1-3-5-14-8-10-16(11-9-14)21(19,20)18-13(2)6-4-7-15(18)12-17/h8-11,13,15H,3-7,12,17H2,1-2H3. The lowest BCUT2D eigenvalue weighted by Crippen LogP contribution is -2.51. The summed E-state index contributed by atoms with van der Waals surface area (Å²) in [5, 5.41) is 0. The number of aryl methyl sites for hydroxylation is 1. The smallest absolute Gasteiger partial charge is 0.243 e. The summed E-state index contributed by atoms with van der Waals surface area (Å²) in [7, 11) is -3.45. The highest BCUT2D eigenvalue weighted by atomic mass is 32.2. The van der Waals surface area contributed by atoms with E-state index < -0.39 is 10.0 Å². The number of hydrogen-bond donors (Lipinski definition) is 1. The van der Waals surface area contributed by atoms with Crippen LogP contribution in [-0.2, 0) is 16.4 Å². The lowest BCUT2D eigenvalue weighted by molar-refractivity contribution is 0.196. The van der Waals surface area contributed by atoms with Crippen molar-refractivity contribution < 1.29 is 8.42 Å². The van der Waals surface area contributed by atoms with Gasteiger partial charge in [-0.25, -0.2) is 8.42 Å². The SMILES string of the molecule is CCCc1ccc(S(=O)(=O)N2C(C)CCCC2CN)cc1. The highest BCUT2D eigenvalue weighted by molar-refractivity contribution is 7.89. The van der Waals surface area contributed by atoms with Gasteiger partial charge in [-0.15, -0.1) is 0 Å². The third-order valence-electron chi connectivity index (χ3n) is 4.26. The van der Waals surface area contributed by atoms with Crippen LogP contribution >= 0.6 is 0 Å². The number of sulfonamides is 1. The fourth-order valence-electron chi connectivity index (χ4n) is 3.16. The molecule has 118 valence electrons. The molecule has 2 N–H and O–H groups in total. The van der Waals surface area contributed by atoms with Gasteiger partial charge in [-0.05, 0) is 43.9 Å². The van der Waals surface area contributed by atoms with Gasteiger partial charge in [0.15, 0.2) is 0 Å². The van der Waals surface area contributed by atoms with Crippen LogP contribution in [0.25, 0.3) is 0 Å². The van der Waals surface area contributed by atoms with Gasteiger partial charge in [-0.2, -0.15) is 4.31 Å². The molecule has 0 spiro atoms. The van der Waals surface area contributed by atoms with Gasteiger partial charge in [0, 0.05) is 18.6 Å². The topological polar surface area (TPSA) is 63.4 Å². The van der Waals surface area contributed by atoms with Crippen LogP contribution in [0.5, 0.6) is 0 Å². The number of rotatable bonds is 5. The summed E-state index contributed by atoms with van der Waals surface area (Å²) in [6, 6.07) is 7.25. The van der Waals surface area contributed by atoms with Gasteiger partial charge in [0.05, 0.1) is 4.90 Å². The van der Waals surface area contributed by atoms with Crippen molar-refractivity contribution in [3.05, 3.63) is 29.8 Å². The van der Waals surface area contributed by atoms with E-state index in [0.29, 0.717) is 11.4 Å². The summed E-state index contributed by atoms with van der Waals surface area (Å²) in [5.74, 6) is 0. The molecular weight excluding hydrogens is 284 g/mol. The Balaban J connectivity index is 2.30. The van der Waals surface area contributed by atoms with Gasteiger partial charge < -0.3 is 5.73 Å². The predicted molar refractivity (Wildman–Crippen MR) is 85.6 cm³/mol. The van der Waals surface area contributed by atoms with Gasteiger partial charge >= 0.3 is 0 Å². The monoisotopic (exact) mass is 310 g/mol. The van der Waals surface area contributed by atoms with Crippen molar-refractivity contribution in [2.45, 2.75) is 62.9 Å². The highest BCUT2D eigenvalue weighted by Gasteiger charge is 2.37. The highest BCUT2D eigenvalue weighted by Crippen LogP contribution is 2.29. The van der Waals surface area contributed by atoms with E-state index in [1.165, 1.54) is 5.56 Å². The van der Waals surface area contributed by atoms with E-state index in [1.807, 2.05) is 19.1 Å². The molecule has 1 aliphatic heterocycles. The molecule has 1 aliphatic rings. The Kier molecular flexibility index (Phi) is 5.41. The maximum Gasteiger partial charge on any atom is 0.243 e. The van der Waals surface area contributed by atoms with Crippen molar-refractivity contribution in [1.82, 2.24) is 4.31 Å². The summed E-state index contributed by atoms with van der Waals surface area (Å²) >= 11 is 0. The van der Waals surface area contributed by atoms with Gasteiger partial charge in [0.2, 0.25) is 10.0 Å². The summed E-state index contributed by atoms with van der Waals surface area (Å²) < 4.78 is 27.4. The second-order valence-electron chi connectivity index (χ2n) is 5.90. The minimum absolute atomic E-state index is 0.0209. The quantitative estimate of drug-likeness (QED) is 0.909. The van der Waals surface area contributed by atoms with Crippen LogP contribution < -0.4 is 5.73 Å². The number of hydrogen-bond acceptors (Lipinski definition) is 3. The number of nitrogens with zero attached hydrogens (tertiary/aromatic N) is 1. The third kappa shape index (κ3) is 3.47. The molecule has 5 heteroatoms. The van der Waals surface area contributed by atoms with E-state index in [4.69, 9.17) is 5.73 Å². The van der Waals surface area contributed by atoms with Gasteiger partial charge in [0.25, 0.3) is 0 Å². The molecule has 2 unspecified atom stereocenters. The van der Waals surface area contributed by atoms with Gasteiger partial charge in [-0.3, -0.25) is 0 Å². The zero-order chi connectivity index (χ0) is 15.5. The van der Waals surface area contributed by atoms with Crippen molar-refractivity contribution in [2.75, 3.05) is 6.54 Å². The second kappa shape index (κ2) is 6.90. The first-order valence-corrected chi connectivity index (χ1v) is 9.27. The lowest BCUT2D eigenvalue weighted by Gasteiger charge is -2.39. The Morgan fingerprint density at radius 3 is 2.48 bits per heavy atom. The molecule has 0 saturated carbocycles. The molecule has 0 aliphatic carbocycles. The number of piperidine rings is 1. The summed E-state index contributed by atoms with van der Waals surface area (Å²) in [6.07, 6.45) is 4.85. The van der Waals surface area contributed by atoms with Crippen LogP contribution in [0.4, 0.5) is 0 Å². The summed E-state index contributed by atoms with van der Waals surface area (Å²) in [6.45, 7) is 4.48. The Hall–Kier alpha value is -0.910. The number of benzene rings is 1. The second-order valence-corrected chi connectivity index (χ2v) is 7.74. The molecule has 2 atom stereocenters. The molecular formula is C16H26N2O2S. The minimum Gasteiger partial charge on any atom is -0.329 e. The molecule has 0 bridgehead atoms. The molecule has 0 radical (unpaired) electrons. The molecule has 0 aromatic heterocycles. The molecule has 1 saturated heterocycles. The van der Waals surface area contributed by atoms with Crippen molar-refractivity contribution in [3.8, 4) is 0 Å². The van der Waals surface area contributed by atoms with Crippen LogP contribution in [0.2, 0.25) is 0 Å². The molecule has 4 nitrogen and oxygen atoms in total. The zero-order valence-electron chi connectivity index (χ0n) is 13.0. The van der Waals surface area contributed by atoms with Crippen LogP contribution in [0.1, 0.15) is 45.1 Å². The molecule has 1 fully saturated rings. The van der Waals surface area contributed by atoms with E-state index in [1.54, 1.807) is 16.4 Å². The maximum absolute atomic E-state index is 12.9. The molecule has 2 rings (SSSR count). The molecule has 1 aromatic rings. The van der Waals surface area contributed by atoms with Crippen molar-refractivity contribution >= 4 is 10.0 Å². The van der Waals surface area contributed by atoms with E-state index >= 15 is 0 Å². The first kappa shape index (κ1) is 16.5. The van der Waals surface area contributed by atoms with Crippen LogP contribution in [0, 0.1) is 0 Å². The number of nitrogens with two attached hydrogens (primary N) is 1. The largest absolute Gasteiger partial charge is 0.329 e. The van der Waals surface area contributed by atoms with Crippen LogP contribution in [0.15, 0.2) is 29.2 Å². The predicted octanol–water partition coefficient (Wildman–Crippen LogP) is 2.53. The lowest BCUT2D eigenvalue weighted by atomic mass is 10.00. The first-order valence-electron chi connectivity index (χ1n) is 7.83. The van der Waals surface area contributed by atoms with Crippen molar-refractivity contribution in [1.29, 1.82) is 0 Å². The van der Waals surface area contributed by atoms with Crippen molar-refractivity contribution in [2.24, 2.45) is 5.73 Å². The summed E-state index contributed by atoms with van der Waals surface area (Å²) in [5.41, 5.74) is 6.97. The maximum atomic E-state index is 12.9. The third-order valence-corrected chi connectivity index (χ3v) is 6.34. The fraction of sp³-hybridized carbons (Fsp3) is 0.625. The normalized spacial score (nSPS) is 24.1. The Labute approximate surface area is 128 Å². The van der Waals surface area contributed by atoms with E-state index in [-0.39, 0.29) is 12.1 Å². The molecule has 1 aromatic carbocycles. The Morgan fingerprint density at radius 1 is 1.24 bits per heavy atom. The van der Waals surface area contributed by atoms with Crippen molar-refractivity contribution in [3.63, 3.8) is 0 Å². The summed E-state index contributed by atoms with van der Waals surface area (Å²) in [4.78, 5) is 0.384.